The fourth-order valence-electron chi connectivity index (χ4n) is 1.46. The summed E-state index contributed by atoms with van der Waals surface area (Å²) in [6, 6.07) is 0. The highest BCUT2D eigenvalue weighted by Crippen LogP contribution is 2.08. The molecule has 1 fully saturated rings. The molecule has 0 aromatic rings. The minimum Gasteiger partial charge on any atom is -0.375 e. The van der Waals surface area contributed by atoms with Crippen LogP contribution in [0.1, 0.15) is 19.8 Å². The van der Waals surface area contributed by atoms with E-state index in [2.05, 4.69) is 27.8 Å². The minimum atomic E-state index is 0.413. The van der Waals surface area contributed by atoms with Gasteiger partial charge < -0.3 is 4.74 Å². The molecule has 0 aliphatic carbocycles. The lowest BCUT2D eigenvalue weighted by Gasteiger charge is -2.31. The monoisotopic (exact) mass is 235 g/mol. The number of alkyl halides is 1. The van der Waals surface area contributed by atoms with Crippen LogP contribution in [0.3, 0.4) is 0 Å². The molecular weight excluding hydrogens is 218 g/mol. The Labute approximate surface area is 83.4 Å². The summed E-state index contributed by atoms with van der Waals surface area (Å²) in [6.07, 6.45) is 3.02. The Bertz CT molecular complexity index is 121. The Hall–Kier alpha value is 0.400. The van der Waals surface area contributed by atoms with E-state index >= 15 is 0 Å². The van der Waals surface area contributed by atoms with E-state index in [0.29, 0.717) is 6.10 Å². The molecule has 0 aromatic carbocycles. The summed E-state index contributed by atoms with van der Waals surface area (Å²) in [5, 5.41) is 0.968. The largest absolute Gasteiger partial charge is 0.375 e. The lowest BCUT2D eigenvalue weighted by atomic mass is 10.2. The van der Waals surface area contributed by atoms with Crippen LogP contribution in [0.2, 0.25) is 0 Å². The summed E-state index contributed by atoms with van der Waals surface area (Å²) in [7, 11) is 0. The van der Waals surface area contributed by atoms with Crippen LogP contribution in [-0.4, -0.2) is 42.6 Å². The van der Waals surface area contributed by atoms with Crippen LogP contribution in [0.4, 0.5) is 0 Å². The molecule has 0 aromatic heterocycles. The third-order valence-corrected chi connectivity index (χ3v) is 2.95. The summed E-state index contributed by atoms with van der Waals surface area (Å²) in [4.78, 5) is 2.50. The second-order valence-electron chi connectivity index (χ2n) is 3.30. The SMILES string of the molecule is CCCCN1CCOC(CBr)C1. The van der Waals surface area contributed by atoms with Crippen LogP contribution in [-0.2, 0) is 4.74 Å². The zero-order valence-electron chi connectivity index (χ0n) is 7.76. The van der Waals surface area contributed by atoms with Crippen LogP contribution < -0.4 is 0 Å². The van der Waals surface area contributed by atoms with Gasteiger partial charge in [0.2, 0.25) is 0 Å². The van der Waals surface area contributed by atoms with E-state index in [1.165, 1.54) is 19.4 Å². The van der Waals surface area contributed by atoms with E-state index in [1.54, 1.807) is 0 Å². The first-order valence-electron chi connectivity index (χ1n) is 4.76. The van der Waals surface area contributed by atoms with Crippen molar-refractivity contribution >= 4 is 15.9 Å². The number of hydrogen-bond acceptors (Lipinski definition) is 2. The van der Waals surface area contributed by atoms with Crippen molar-refractivity contribution in [1.29, 1.82) is 0 Å². The Morgan fingerprint density at radius 1 is 1.58 bits per heavy atom. The first kappa shape index (κ1) is 10.5. The topological polar surface area (TPSA) is 12.5 Å². The molecule has 0 N–H and O–H groups in total. The Morgan fingerprint density at radius 2 is 2.42 bits per heavy atom. The number of morpholine rings is 1. The molecule has 1 saturated heterocycles. The van der Waals surface area contributed by atoms with Gasteiger partial charge in [-0.2, -0.15) is 0 Å². The lowest BCUT2D eigenvalue weighted by Crippen LogP contribution is -2.43. The number of ether oxygens (including phenoxy) is 1. The van der Waals surface area contributed by atoms with Crippen molar-refractivity contribution in [3.63, 3.8) is 0 Å². The molecule has 1 unspecified atom stereocenters. The van der Waals surface area contributed by atoms with Crippen molar-refractivity contribution in [2.75, 3.05) is 31.6 Å². The predicted molar refractivity (Wildman–Crippen MR) is 54.9 cm³/mol. The van der Waals surface area contributed by atoms with E-state index in [4.69, 9.17) is 4.74 Å². The van der Waals surface area contributed by atoms with Gasteiger partial charge in [0.05, 0.1) is 12.7 Å². The maximum atomic E-state index is 5.55. The summed E-state index contributed by atoms with van der Waals surface area (Å²) in [5.74, 6) is 0. The van der Waals surface area contributed by atoms with Crippen LogP contribution in [0.5, 0.6) is 0 Å². The molecule has 1 atom stereocenters. The number of rotatable bonds is 4. The molecule has 0 bridgehead atoms. The van der Waals surface area contributed by atoms with Crippen molar-refractivity contribution in [2.24, 2.45) is 0 Å². The molecule has 1 rings (SSSR count). The van der Waals surface area contributed by atoms with Gasteiger partial charge in [-0.15, -0.1) is 0 Å². The first-order valence-corrected chi connectivity index (χ1v) is 5.89. The third-order valence-electron chi connectivity index (χ3n) is 2.22. The number of halogens is 1. The van der Waals surface area contributed by atoms with Gasteiger partial charge in [-0.05, 0) is 13.0 Å². The number of unbranched alkanes of at least 4 members (excludes halogenated alkanes) is 1. The van der Waals surface area contributed by atoms with Gasteiger partial charge in [-0.25, -0.2) is 0 Å². The van der Waals surface area contributed by atoms with Gasteiger partial charge in [0.25, 0.3) is 0 Å². The summed E-state index contributed by atoms with van der Waals surface area (Å²) < 4.78 is 5.55. The van der Waals surface area contributed by atoms with Crippen molar-refractivity contribution < 1.29 is 4.74 Å². The maximum absolute atomic E-state index is 5.55. The third kappa shape index (κ3) is 3.42. The summed E-state index contributed by atoms with van der Waals surface area (Å²) >= 11 is 3.45. The standard InChI is InChI=1S/C9H18BrNO/c1-2-3-4-11-5-6-12-9(7-10)8-11/h9H,2-8H2,1H3. The predicted octanol–water partition coefficient (Wildman–Crippen LogP) is 1.88. The van der Waals surface area contributed by atoms with Gasteiger partial charge in [0.1, 0.15) is 0 Å². The van der Waals surface area contributed by atoms with Crippen molar-refractivity contribution in [3.05, 3.63) is 0 Å². The van der Waals surface area contributed by atoms with Crippen LogP contribution in [0.25, 0.3) is 0 Å². The van der Waals surface area contributed by atoms with Crippen molar-refractivity contribution in [2.45, 2.75) is 25.9 Å². The molecule has 2 nitrogen and oxygen atoms in total. The molecule has 1 aliphatic heterocycles. The first-order chi connectivity index (χ1) is 5.86. The molecule has 3 heteroatoms. The maximum Gasteiger partial charge on any atom is 0.0799 e. The highest BCUT2D eigenvalue weighted by Gasteiger charge is 2.18. The normalized spacial score (nSPS) is 26.0. The smallest absolute Gasteiger partial charge is 0.0799 e. The second-order valence-corrected chi connectivity index (χ2v) is 3.95. The molecule has 0 radical (unpaired) electrons. The molecule has 72 valence electrons. The zero-order chi connectivity index (χ0) is 8.81. The van der Waals surface area contributed by atoms with Crippen molar-refractivity contribution in [3.8, 4) is 0 Å². The van der Waals surface area contributed by atoms with E-state index in [-0.39, 0.29) is 0 Å². The fourth-order valence-corrected chi connectivity index (χ4v) is 1.85. The van der Waals surface area contributed by atoms with E-state index in [0.717, 1.165) is 25.0 Å². The Balaban J connectivity index is 2.16. The average molecular weight is 236 g/mol. The molecule has 12 heavy (non-hydrogen) atoms. The Kier molecular flexibility index (Phi) is 5.19. The van der Waals surface area contributed by atoms with Crippen LogP contribution >= 0.6 is 15.9 Å². The van der Waals surface area contributed by atoms with Crippen LogP contribution in [0, 0.1) is 0 Å². The molecule has 1 aliphatic rings. The van der Waals surface area contributed by atoms with Gasteiger partial charge in [-0.3, -0.25) is 4.90 Å². The van der Waals surface area contributed by atoms with Crippen molar-refractivity contribution in [1.82, 2.24) is 4.90 Å². The molecular formula is C9H18BrNO. The molecule has 0 amide bonds. The lowest BCUT2D eigenvalue weighted by molar-refractivity contribution is -0.0153. The highest BCUT2D eigenvalue weighted by atomic mass is 79.9. The Morgan fingerprint density at radius 3 is 3.08 bits per heavy atom. The second kappa shape index (κ2) is 5.95. The van der Waals surface area contributed by atoms with Gasteiger partial charge in [0, 0.05) is 18.4 Å². The minimum absolute atomic E-state index is 0.413. The zero-order valence-corrected chi connectivity index (χ0v) is 9.35. The number of nitrogens with zero attached hydrogens (tertiary/aromatic N) is 1. The fraction of sp³-hybridized carbons (Fsp3) is 1.00. The highest BCUT2D eigenvalue weighted by molar-refractivity contribution is 9.09. The summed E-state index contributed by atoms with van der Waals surface area (Å²) in [5.41, 5.74) is 0. The van der Waals surface area contributed by atoms with E-state index < -0.39 is 0 Å². The summed E-state index contributed by atoms with van der Waals surface area (Å²) in [6.45, 7) is 6.60. The van der Waals surface area contributed by atoms with Gasteiger partial charge >= 0.3 is 0 Å². The van der Waals surface area contributed by atoms with E-state index in [1.807, 2.05) is 0 Å². The molecule has 1 heterocycles. The molecule has 0 saturated carbocycles. The number of hydrogen-bond donors (Lipinski definition) is 0. The quantitative estimate of drug-likeness (QED) is 0.691. The van der Waals surface area contributed by atoms with Crippen LogP contribution in [0.15, 0.2) is 0 Å². The van der Waals surface area contributed by atoms with Gasteiger partial charge in [0.15, 0.2) is 0 Å². The average Bonchev–Trinajstić information content (AvgIpc) is 2.15. The van der Waals surface area contributed by atoms with Gasteiger partial charge in [-0.1, -0.05) is 29.3 Å². The molecule has 0 spiro atoms. The van der Waals surface area contributed by atoms with E-state index in [9.17, 15) is 0 Å².